The average Bonchev–Trinajstić information content (AvgIpc) is 2.54. The molecule has 0 aromatic heterocycles. The lowest BCUT2D eigenvalue weighted by Crippen LogP contribution is -2.60. The molecule has 2 unspecified atom stereocenters. The van der Waals surface area contributed by atoms with E-state index in [2.05, 4.69) is 0 Å². The van der Waals surface area contributed by atoms with Crippen LogP contribution in [0.3, 0.4) is 0 Å². The lowest BCUT2D eigenvalue weighted by Gasteiger charge is -2.43. The van der Waals surface area contributed by atoms with Crippen molar-refractivity contribution in [2.24, 2.45) is 0 Å². The SMILES string of the molecule is Cc1cc(Cl)ccc1OCC(=O)N1CCS(=O)(=O)C2COCCC21. The summed E-state index contributed by atoms with van der Waals surface area (Å²) >= 11 is 5.91. The summed E-state index contributed by atoms with van der Waals surface area (Å²) in [4.78, 5) is 14.2. The molecule has 2 aliphatic rings. The fraction of sp³-hybridized carbons (Fsp3) is 0.562. The van der Waals surface area contributed by atoms with E-state index in [1.54, 1.807) is 23.1 Å². The van der Waals surface area contributed by atoms with Gasteiger partial charge in [-0.3, -0.25) is 4.79 Å². The Morgan fingerprint density at radius 1 is 1.46 bits per heavy atom. The van der Waals surface area contributed by atoms with Gasteiger partial charge in [0, 0.05) is 18.2 Å². The van der Waals surface area contributed by atoms with Crippen LogP contribution < -0.4 is 4.74 Å². The Morgan fingerprint density at radius 3 is 3.00 bits per heavy atom. The van der Waals surface area contributed by atoms with Crippen molar-refractivity contribution < 1.29 is 22.7 Å². The van der Waals surface area contributed by atoms with Crippen LogP contribution in [0.15, 0.2) is 18.2 Å². The van der Waals surface area contributed by atoms with Gasteiger partial charge in [-0.25, -0.2) is 8.42 Å². The Bertz CT molecular complexity index is 736. The van der Waals surface area contributed by atoms with Gasteiger partial charge < -0.3 is 14.4 Å². The van der Waals surface area contributed by atoms with Gasteiger partial charge in [0.25, 0.3) is 5.91 Å². The molecule has 2 atom stereocenters. The Labute approximate surface area is 146 Å². The molecule has 0 bridgehead atoms. The Balaban J connectivity index is 1.68. The van der Waals surface area contributed by atoms with Gasteiger partial charge in [-0.1, -0.05) is 11.6 Å². The topological polar surface area (TPSA) is 72.9 Å². The van der Waals surface area contributed by atoms with E-state index in [0.717, 1.165) is 5.56 Å². The number of carbonyl (C=O) groups is 1. The van der Waals surface area contributed by atoms with Crippen LogP contribution in [-0.4, -0.2) is 62.6 Å². The highest BCUT2D eigenvalue weighted by Gasteiger charge is 2.45. The predicted octanol–water partition coefficient (Wildman–Crippen LogP) is 1.44. The third kappa shape index (κ3) is 3.53. The van der Waals surface area contributed by atoms with Crippen LogP contribution in [-0.2, 0) is 19.4 Å². The molecule has 0 radical (unpaired) electrons. The van der Waals surface area contributed by atoms with E-state index in [0.29, 0.717) is 23.8 Å². The van der Waals surface area contributed by atoms with E-state index in [-0.39, 0.29) is 37.5 Å². The molecule has 24 heavy (non-hydrogen) atoms. The van der Waals surface area contributed by atoms with Gasteiger partial charge in [-0.2, -0.15) is 0 Å². The maximum absolute atomic E-state index is 12.6. The van der Waals surface area contributed by atoms with Crippen LogP contribution in [0.5, 0.6) is 5.75 Å². The number of halogens is 1. The Morgan fingerprint density at radius 2 is 2.25 bits per heavy atom. The summed E-state index contributed by atoms with van der Waals surface area (Å²) in [6.07, 6.45) is 0.537. The average molecular weight is 374 g/mol. The number of hydrogen-bond donors (Lipinski definition) is 0. The van der Waals surface area contributed by atoms with E-state index in [1.807, 2.05) is 6.92 Å². The molecule has 8 heteroatoms. The second-order valence-electron chi connectivity index (χ2n) is 6.12. The summed E-state index contributed by atoms with van der Waals surface area (Å²) in [5, 5.41) is -0.0151. The first kappa shape index (κ1) is 17.5. The van der Waals surface area contributed by atoms with Crippen molar-refractivity contribution in [2.75, 3.05) is 32.1 Å². The van der Waals surface area contributed by atoms with Gasteiger partial charge >= 0.3 is 0 Å². The molecule has 6 nitrogen and oxygen atoms in total. The minimum absolute atomic E-state index is 0.0246. The quantitative estimate of drug-likeness (QED) is 0.801. The standard InChI is InChI=1S/C16H20ClNO5S/c1-11-8-12(17)2-3-14(11)23-10-16(19)18-5-7-24(20,21)15-9-22-6-4-13(15)18/h2-3,8,13,15H,4-7,9-10H2,1H3. The molecule has 2 saturated heterocycles. The van der Waals surface area contributed by atoms with E-state index < -0.39 is 15.1 Å². The van der Waals surface area contributed by atoms with Crippen LogP contribution >= 0.6 is 11.6 Å². The zero-order chi connectivity index (χ0) is 17.3. The molecule has 0 aliphatic carbocycles. The number of benzene rings is 1. The van der Waals surface area contributed by atoms with Crippen LogP contribution in [0.2, 0.25) is 5.02 Å². The predicted molar refractivity (Wildman–Crippen MR) is 90.2 cm³/mol. The first-order valence-corrected chi connectivity index (χ1v) is 9.95. The number of fused-ring (bicyclic) bond motifs is 1. The maximum Gasteiger partial charge on any atom is 0.260 e. The molecule has 1 aromatic rings. The highest BCUT2D eigenvalue weighted by atomic mass is 35.5. The lowest BCUT2D eigenvalue weighted by atomic mass is 10.1. The molecule has 2 heterocycles. The first-order valence-electron chi connectivity index (χ1n) is 7.86. The van der Waals surface area contributed by atoms with Crippen LogP contribution in [0.25, 0.3) is 0 Å². The normalized spacial score (nSPS) is 25.8. The second kappa shape index (κ2) is 6.90. The summed E-state index contributed by atoms with van der Waals surface area (Å²) in [6.45, 7) is 2.58. The first-order chi connectivity index (χ1) is 11.4. The molecule has 3 rings (SSSR count). The molecular weight excluding hydrogens is 354 g/mol. The highest BCUT2D eigenvalue weighted by Crippen LogP contribution is 2.27. The summed E-state index contributed by atoms with van der Waals surface area (Å²) in [6, 6.07) is 4.88. The fourth-order valence-electron chi connectivity index (χ4n) is 3.25. The number of amides is 1. The zero-order valence-corrected chi connectivity index (χ0v) is 15.0. The lowest BCUT2D eigenvalue weighted by molar-refractivity contribution is -0.137. The van der Waals surface area contributed by atoms with Crippen molar-refractivity contribution in [3.8, 4) is 5.75 Å². The van der Waals surface area contributed by atoms with Gasteiger partial charge in [0.1, 0.15) is 11.0 Å². The molecule has 1 aromatic carbocycles. The van der Waals surface area contributed by atoms with Crippen molar-refractivity contribution >= 4 is 27.3 Å². The summed E-state index contributed by atoms with van der Waals surface area (Å²) < 4.78 is 35.3. The van der Waals surface area contributed by atoms with Gasteiger partial charge in [0.05, 0.1) is 18.4 Å². The Hall–Kier alpha value is -1.31. The number of carbonyl (C=O) groups excluding carboxylic acids is 1. The molecule has 2 aliphatic heterocycles. The summed E-state index contributed by atoms with van der Waals surface area (Å²) in [7, 11) is -3.20. The van der Waals surface area contributed by atoms with Crippen molar-refractivity contribution in [3.05, 3.63) is 28.8 Å². The fourth-order valence-corrected chi connectivity index (χ4v) is 5.30. The largest absolute Gasteiger partial charge is 0.483 e. The minimum atomic E-state index is -3.20. The molecular formula is C16H20ClNO5S. The van der Waals surface area contributed by atoms with Crippen molar-refractivity contribution in [2.45, 2.75) is 24.6 Å². The number of aryl methyl sites for hydroxylation is 1. The Kier molecular flexibility index (Phi) is 5.03. The number of rotatable bonds is 3. The van der Waals surface area contributed by atoms with E-state index in [4.69, 9.17) is 21.1 Å². The van der Waals surface area contributed by atoms with Crippen molar-refractivity contribution in [1.82, 2.24) is 4.90 Å². The van der Waals surface area contributed by atoms with Crippen LogP contribution in [0, 0.1) is 6.92 Å². The maximum atomic E-state index is 12.6. The molecule has 0 saturated carbocycles. The smallest absolute Gasteiger partial charge is 0.260 e. The summed E-state index contributed by atoms with van der Waals surface area (Å²) in [5.74, 6) is 0.375. The molecule has 0 N–H and O–H groups in total. The third-order valence-electron chi connectivity index (χ3n) is 4.56. The van der Waals surface area contributed by atoms with Crippen LogP contribution in [0.4, 0.5) is 0 Å². The van der Waals surface area contributed by atoms with E-state index in [9.17, 15) is 13.2 Å². The summed E-state index contributed by atoms with van der Waals surface area (Å²) in [5.41, 5.74) is 0.848. The van der Waals surface area contributed by atoms with E-state index >= 15 is 0 Å². The van der Waals surface area contributed by atoms with Gasteiger partial charge in [-0.05, 0) is 37.1 Å². The molecule has 2 fully saturated rings. The van der Waals surface area contributed by atoms with E-state index in [1.165, 1.54) is 0 Å². The van der Waals surface area contributed by atoms with Crippen molar-refractivity contribution in [3.63, 3.8) is 0 Å². The second-order valence-corrected chi connectivity index (χ2v) is 8.90. The third-order valence-corrected chi connectivity index (χ3v) is 6.92. The number of ether oxygens (including phenoxy) is 2. The monoisotopic (exact) mass is 373 g/mol. The number of nitrogens with zero attached hydrogens (tertiary/aromatic N) is 1. The zero-order valence-electron chi connectivity index (χ0n) is 13.4. The molecule has 0 spiro atoms. The molecule has 1 amide bonds. The minimum Gasteiger partial charge on any atom is -0.483 e. The van der Waals surface area contributed by atoms with Crippen molar-refractivity contribution in [1.29, 1.82) is 0 Å². The van der Waals surface area contributed by atoms with Gasteiger partial charge in [0.2, 0.25) is 0 Å². The number of sulfone groups is 1. The van der Waals surface area contributed by atoms with Gasteiger partial charge in [0.15, 0.2) is 16.4 Å². The van der Waals surface area contributed by atoms with Crippen LogP contribution in [0.1, 0.15) is 12.0 Å². The van der Waals surface area contributed by atoms with Gasteiger partial charge in [-0.15, -0.1) is 0 Å². The number of hydrogen-bond acceptors (Lipinski definition) is 5. The molecule has 132 valence electrons. The highest BCUT2D eigenvalue weighted by molar-refractivity contribution is 7.92.